The van der Waals surface area contributed by atoms with Crippen LogP contribution >= 0.6 is 0 Å². The van der Waals surface area contributed by atoms with E-state index in [1.807, 2.05) is 6.92 Å². The molecule has 0 aliphatic carbocycles. The molecule has 1 N–H and O–H groups in total. The van der Waals surface area contributed by atoms with Crippen LogP contribution in [0.15, 0.2) is 42.5 Å². The first kappa shape index (κ1) is 21.6. The second-order valence-corrected chi connectivity index (χ2v) is 7.89. The zero-order valence-electron chi connectivity index (χ0n) is 15.8. The monoisotopic (exact) mass is 412 g/mol. The lowest BCUT2D eigenvalue weighted by atomic mass is 10.1. The van der Waals surface area contributed by atoms with E-state index < -0.39 is 33.6 Å². The van der Waals surface area contributed by atoms with Crippen LogP contribution < -0.4 is 14.4 Å². The number of anilines is 2. The van der Waals surface area contributed by atoms with Gasteiger partial charge in [0, 0.05) is 11.8 Å². The van der Waals surface area contributed by atoms with Crippen LogP contribution in [0.2, 0.25) is 0 Å². The molecule has 0 unspecified atom stereocenters. The molecular formula is C19H22F2N2O4S. The zero-order chi connectivity index (χ0) is 20.9. The van der Waals surface area contributed by atoms with Gasteiger partial charge in [-0.25, -0.2) is 17.2 Å². The highest BCUT2D eigenvalue weighted by atomic mass is 32.2. The summed E-state index contributed by atoms with van der Waals surface area (Å²) in [5, 5.41) is 2.44. The molecule has 0 aliphatic rings. The van der Waals surface area contributed by atoms with Crippen molar-refractivity contribution in [2.24, 2.45) is 0 Å². The molecule has 0 saturated heterocycles. The number of nitrogens with one attached hydrogen (secondary N) is 1. The Morgan fingerprint density at radius 3 is 2.25 bits per heavy atom. The third-order valence-electron chi connectivity index (χ3n) is 3.92. The van der Waals surface area contributed by atoms with Crippen molar-refractivity contribution in [3.05, 3.63) is 54.1 Å². The Hall–Kier alpha value is -2.68. The lowest BCUT2D eigenvalue weighted by Crippen LogP contribution is -2.47. The second-order valence-electron chi connectivity index (χ2n) is 6.03. The third kappa shape index (κ3) is 5.19. The number of ether oxygens (including phenoxy) is 1. The van der Waals surface area contributed by atoms with Gasteiger partial charge in [-0.05, 0) is 49.7 Å². The van der Waals surface area contributed by atoms with E-state index in [4.69, 9.17) is 4.74 Å². The fourth-order valence-corrected chi connectivity index (χ4v) is 3.93. The van der Waals surface area contributed by atoms with Crippen molar-refractivity contribution < 1.29 is 26.7 Å². The zero-order valence-corrected chi connectivity index (χ0v) is 16.6. The quantitative estimate of drug-likeness (QED) is 0.720. The Labute approximate surface area is 163 Å². The standard InChI is InChI=1S/C19H22F2N2O4S/c1-4-18(19(24)22-13-6-11-16(20)17(21)12-13)23(28(3,25)26)14-7-9-15(10-8-14)27-5-2/h6-12,18H,4-5H2,1-3H3,(H,22,24)/t18-/m0/s1. The first-order valence-electron chi connectivity index (χ1n) is 8.65. The van der Waals surface area contributed by atoms with Crippen LogP contribution in [0.5, 0.6) is 5.75 Å². The number of rotatable bonds is 8. The molecule has 0 radical (unpaired) electrons. The van der Waals surface area contributed by atoms with Gasteiger partial charge in [-0.3, -0.25) is 9.10 Å². The van der Waals surface area contributed by atoms with Crippen LogP contribution in [-0.4, -0.2) is 33.2 Å². The van der Waals surface area contributed by atoms with Crippen LogP contribution in [0.4, 0.5) is 20.2 Å². The molecule has 6 nitrogen and oxygen atoms in total. The summed E-state index contributed by atoms with van der Waals surface area (Å²) in [6, 6.07) is 8.13. The predicted octanol–water partition coefficient (Wildman–Crippen LogP) is 3.55. The lowest BCUT2D eigenvalue weighted by molar-refractivity contribution is -0.117. The fraction of sp³-hybridized carbons (Fsp3) is 0.316. The molecule has 0 spiro atoms. The van der Waals surface area contributed by atoms with E-state index in [2.05, 4.69) is 5.32 Å². The molecule has 0 fully saturated rings. The number of carbonyl (C=O) groups excluding carboxylic acids is 1. The van der Waals surface area contributed by atoms with E-state index >= 15 is 0 Å². The van der Waals surface area contributed by atoms with Crippen LogP contribution in [0.3, 0.4) is 0 Å². The van der Waals surface area contributed by atoms with Gasteiger partial charge in [0.2, 0.25) is 15.9 Å². The Morgan fingerprint density at radius 1 is 1.11 bits per heavy atom. The molecule has 1 amide bonds. The van der Waals surface area contributed by atoms with Crippen molar-refractivity contribution >= 4 is 27.3 Å². The predicted molar refractivity (Wildman–Crippen MR) is 104 cm³/mol. The van der Waals surface area contributed by atoms with Crippen molar-refractivity contribution in [3.8, 4) is 5.75 Å². The Balaban J connectivity index is 2.34. The van der Waals surface area contributed by atoms with Crippen LogP contribution in [0.1, 0.15) is 20.3 Å². The Bertz CT molecular complexity index is 933. The van der Waals surface area contributed by atoms with E-state index in [-0.39, 0.29) is 12.1 Å². The SMILES string of the molecule is CCOc1ccc(N([C@@H](CC)C(=O)Nc2ccc(F)c(F)c2)S(C)(=O)=O)cc1. The summed E-state index contributed by atoms with van der Waals surface area (Å²) >= 11 is 0. The maximum absolute atomic E-state index is 13.4. The number of nitrogens with zero attached hydrogens (tertiary/aromatic N) is 1. The Morgan fingerprint density at radius 2 is 1.75 bits per heavy atom. The maximum Gasteiger partial charge on any atom is 0.248 e. The molecule has 0 bridgehead atoms. The molecule has 2 aromatic carbocycles. The van der Waals surface area contributed by atoms with Gasteiger partial charge in [-0.15, -0.1) is 0 Å². The van der Waals surface area contributed by atoms with Gasteiger partial charge in [0.15, 0.2) is 11.6 Å². The van der Waals surface area contributed by atoms with Gasteiger partial charge < -0.3 is 10.1 Å². The maximum atomic E-state index is 13.4. The molecule has 0 heterocycles. The molecule has 152 valence electrons. The average Bonchev–Trinajstić information content (AvgIpc) is 2.62. The van der Waals surface area contributed by atoms with Crippen LogP contribution in [0.25, 0.3) is 0 Å². The molecule has 9 heteroatoms. The van der Waals surface area contributed by atoms with Gasteiger partial charge in [0.05, 0.1) is 18.6 Å². The third-order valence-corrected chi connectivity index (χ3v) is 5.10. The summed E-state index contributed by atoms with van der Waals surface area (Å²) in [5.41, 5.74) is 0.320. The minimum atomic E-state index is -3.81. The van der Waals surface area contributed by atoms with Gasteiger partial charge in [-0.2, -0.15) is 0 Å². The minimum Gasteiger partial charge on any atom is -0.494 e. The average molecular weight is 412 g/mol. The smallest absolute Gasteiger partial charge is 0.248 e. The van der Waals surface area contributed by atoms with E-state index in [0.717, 1.165) is 22.7 Å². The molecule has 28 heavy (non-hydrogen) atoms. The van der Waals surface area contributed by atoms with Crippen LogP contribution in [-0.2, 0) is 14.8 Å². The highest BCUT2D eigenvalue weighted by Gasteiger charge is 2.31. The van der Waals surface area contributed by atoms with E-state index in [0.29, 0.717) is 18.0 Å². The lowest BCUT2D eigenvalue weighted by Gasteiger charge is -2.30. The van der Waals surface area contributed by atoms with Crippen molar-refractivity contribution in [2.45, 2.75) is 26.3 Å². The summed E-state index contributed by atoms with van der Waals surface area (Å²) < 4.78 is 57.6. The number of sulfonamides is 1. The molecule has 0 saturated carbocycles. The van der Waals surface area contributed by atoms with Gasteiger partial charge in [0.1, 0.15) is 11.8 Å². The van der Waals surface area contributed by atoms with Gasteiger partial charge in [0.25, 0.3) is 0 Å². The molecule has 2 rings (SSSR count). The summed E-state index contributed by atoms with van der Waals surface area (Å²) in [6.45, 7) is 3.94. The number of hydrogen-bond donors (Lipinski definition) is 1. The molecule has 0 aliphatic heterocycles. The normalized spacial score (nSPS) is 12.3. The van der Waals surface area contributed by atoms with Crippen molar-refractivity contribution in [1.82, 2.24) is 0 Å². The summed E-state index contributed by atoms with van der Waals surface area (Å²) in [4.78, 5) is 12.7. The highest BCUT2D eigenvalue weighted by molar-refractivity contribution is 7.92. The minimum absolute atomic E-state index is 0.0301. The summed E-state index contributed by atoms with van der Waals surface area (Å²) in [5.74, 6) is -2.25. The van der Waals surface area contributed by atoms with Crippen molar-refractivity contribution in [3.63, 3.8) is 0 Å². The number of carbonyl (C=O) groups is 1. The molecule has 2 aromatic rings. The van der Waals surface area contributed by atoms with E-state index in [1.165, 1.54) is 6.07 Å². The number of hydrogen-bond acceptors (Lipinski definition) is 4. The second kappa shape index (κ2) is 9.01. The largest absolute Gasteiger partial charge is 0.494 e. The van der Waals surface area contributed by atoms with Crippen LogP contribution in [0, 0.1) is 11.6 Å². The highest BCUT2D eigenvalue weighted by Crippen LogP contribution is 2.26. The number of benzene rings is 2. The Kier molecular flexibility index (Phi) is 6.95. The van der Waals surface area contributed by atoms with Gasteiger partial charge in [-0.1, -0.05) is 6.92 Å². The van der Waals surface area contributed by atoms with Crippen molar-refractivity contribution in [1.29, 1.82) is 0 Å². The first-order chi connectivity index (χ1) is 13.2. The molecule has 1 atom stereocenters. The number of amides is 1. The number of halogens is 2. The topological polar surface area (TPSA) is 75.7 Å². The molecular weight excluding hydrogens is 390 g/mol. The van der Waals surface area contributed by atoms with Crippen molar-refractivity contribution in [2.75, 3.05) is 22.5 Å². The van der Waals surface area contributed by atoms with E-state index in [1.54, 1.807) is 31.2 Å². The van der Waals surface area contributed by atoms with E-state index in [9.17, 15) is 22.0 Å². The summed E-state index contributed by atoms with van der Waals surface area (Å²) in [6.07, 6.45) is 1.16. The summed E-state index contributed by atoms with van der Waals surface area (Å²) in [7, 11) is -3.81. The fourth-order valence-electron chi connectivity index (χ4n) is 2.72. The van der Waals surface area contributed by atoms with Gasteiger partial charge >= 0.3 is 0 Å². The first-order valence-corrected chi connectivity index (χ1v) is 10.5. The molecule has 0 aromatic heterocycles.